The molecule has 0 aliphatic carbocycles. The Morgan fingerprint density at radius 3 is 2.85 bits per heavy atom. The first-order valence-corrected chi connectivity index (χ1v) is 3.65. The van der Waals surface area contributed by atoms with Gasteiger partial charge >= 0.3 is 0 Å². The van der Waals surface area contributed by atoms with Crippen LogP contribution < -0.4 is 10.6 Å². The van der Waals surface area contributed by atoms with E-state index in [4.69, 9.17) is 0 Å². The molecule has 2 amide bonds. The first-order chi connectivity index (χ1) is 6.19. The van der Waals surface area contributed by atoms with Gasteiger partial charge < -0.3 is 5.32 Å². The largest absolute Gasteiger partial charge is 0.372 e. The highest BCUT2D eigenvalue weighted by molar-refractivity contribution is 5.98. The second-order valence-corrected chi connectivity index (χ2v) is 2.38. The molecule has 6 heteroatoms. The minimum Gasteiger partial charge on any atom is -0.372 e. The number of anilines is 1. The van der Waals surface area contributed by atoms with Crippen molar-refractivity contribution in [2.75, 3.05) is 12.4 Å². The van der Waals surface area contributed by atoms with E-state index in [1.165, 1.54) is 4.68 Å². The average molecular weight is 182 g/mol. The van der Waals surface area contributed by atoms with Gasteiger partial charge in [0.2, 0.25) is 6.41 Å². The van der Waals surface area contributed by atoms with E-state index in [0.29, 0.717) is 17.9 Å². The van der Waals surface area contributed by atoms with Crippen molar-refractivity contribution < 1.29 is 9.59 Å². The number of hydrogen-bond donors (Lipinski definition) is 2. The van der Waals surface area contributed by atoms with Gasteiger partial charge in [0, 0.05) is 20.2 Å². The SMILES string of the molecule is CNc1cc(C(=O)NC=O)n(C)n1. The minimum absolute atomic E-state index is 0.330. The predicted molar refractivity (Wildman–Crippen MR) is 46.3 cm³/mol. The zero-order chi connectivity index (χ0) is 9.84. The molecule has 0 aliphatic heterocycles. The maximum atomic E-state index is 11.2. The second-order valence-electron chi connectivity index (χ2n) is 2.38. The molecule has 0 radical (unpaired) electrons. The number of nitrogens with zero attached hydrogens (tertiary/aromatic N) is 2. The van der Waals surface area contributed by atoms with Crippen LogP contribution in [0, 0.1) is 0 Å². The van der Waals surface area contributed by atoms with Gasteiger partial charge in [-0.2, -0.15) is 5.10 Å². The zero-order valence-electron chi connectivity index (χ0n) is 7.37. The number of aromatic nitrogens is 2. The molecular formula is C7H10N4O2. The van der Waals surface area contributed by atoms with E-state index < -0.39 is 5.91 Å². The lowest BCUT2D eigenvalue weighted by Gasteiger charge is -1.96. The molecule has 0 unspecified atom stereocenters. The molecule has 0 fully saturated rings. The third-order valence-corrected chi connectivity index (χ3v) is 1.56. The van der Waals surface area contributed by atoms with Crippen LogP contribution in [0.25, 0.3) is 0 Å². The van der Waals surface area contributed by atoms with Gasteiger partial charge in [0.25, 0.3) is 5.91 Å². The van der Waals surface area contributed by atoms with Crippen LogP contribution >= 0.6 is 0 Å². The number of carbonyl (C=O) groups excluding carboxylic acids is 2. The van der Waals surface area contributed by atoms with Gasteiger partial charge in [-0.25, -0.2) is 0 Å². The zero-order valence-corrected chi connectivity index (χ0v) is 7.37. The Morgan fingerprint density at radius 1 is 1.69 bits per heavy atom. The topological polar surface area (TPSA) is 76.0 Å². The summed E-state index contributed by atoms with van der Waals surface area (Å²) in [5, 5.41) is 8.78. The second kappa shape index (κ2) is 3.70. The molecule has 0 saturated heterocycles. The predicted octanol–water partition coefficient (Wildman–Crippen LogP) is -0.652. The minimum atomic E-state index is -0.466. The summed E-state index contributed by atoms with van der Waals surface area (Å²) in [6, 6.07) is 1.55. The summed E-state index contributed by atoms with van der Waals surface area (Å²) in [6.07, 6.45) is 0.342. The molecule has 6 nitrogen and oxygen atoms in total. The van der Waals surface area contributed by atoms with Crippen molar-refractivity contribution in [1.29, 1.82) is 0 Å². The number of rotatable bonds is 3. The molecule has 1 heterocycles. The maximum Gasteiger partial charge on any atom is 0.275 e. The van der Waals surface area contributed by atoms with Crippen LogP contribution in [0.1, 0.15) is 10.5 Å². The molecule has 0 saturated carbocycles. The van der Waals surface area contributed by atoms with Crippen molar-refractivity contribution in [1.82, 2.24) is 15.1 Å². The van der Waals surface area contributed by atoms with E-state index in [1.807, 2.05) is 5.32 Å². The van der Waals surface area contributed by atoms with Crippen LogP contribution in [0.4, 0.5) is 5.82 Å². The van der Waals surface area contributed by atoms with Gasteiger partial charge in [0.05, 0.1) is 0 Å². The van der Waals surface area contributed by atoms with Crippen molar-refractivity contribution in [2.45, 2.75) is 0 Å². The average Bonchev–Trinajstić information content (AvgIpc) is 2.47. The molecular weight excluding hydrogens is 172 g/mol. The normalized spacial score (nSPS) is 9.38. The lowest BCUT2D eigenvalue weighted by atomic mass is 10.4. The molecule has 0 atom stereocenters. The van der Waals surface area contributed by atoms with Gasteiger partial charge in [-0.3, -0.25) is 19.6 Å². The Kier molecular flexibility index (Phi) is 2.63. The van der Waals surface area contributed by atoms with E-state index in [1.54, 1.807) is 20.2 Å². The molecule has 1 rings (SSSR count). The number of nitrogens with one attached hydrogen (secondary N) is 2. The molecule has 1 aromatic heterocycles. The van der Waals surface area contributed by atoms with E-state index in [0.717, 1.165) is 0 Å². The van der Waals surface area contributed by atoms with Gasteiger partial charge in [0.15, 0.2) is 0 Å². The molecule has 70 valence electrons. The van der Waals surface area contributed by atoms with Crippen LogP contribution in [-0.2, 0) is 11.8 Å². The first kappa shape index (κ1) is 9.24. The number of aryl methyl sites for hydroxylation is 1. The summed E-state index contributed by atoms with van der Waals surface area (Å²) >= 11 is 0. The van der Waals surface area contributed by atoms with Crippen molar-refractivity contribution in [3.63, 3.8) is 0 Å². The smallest absolute Gasteiger partial charge is 0.275 e. The molecule has 1 aromatic rings. The van der Waals surface area contributed by atoms with E-state index in [2.05, 4.69) is 10.4 Å². The van der Waals surface area contributed by atoms with Crippen molar-refractivity contribution in [3.05, 3.63) is 11.8 Å². The van der Waals surface area contributed by atoms with Gasteiger partial charge in [-0.1, -0.05) is 0 Å². The summed E-state index contributed by atoms with van der Waals surface area (Å²) in [5.74, 6) is 0.116. The fraction of sp³-hybridized carbons (Fsp3) is 0.286. The summed E-state index contributed by atoms with van der Waals surface area (Å²) in [7, 11) is 3.32. The van der Waals surface area contributed by atoms with Crippen molar-refractivity contribution >= 4 is 18.1 Å². The molecule has 13 heavy (non-hydrogen) atoms. The van der Waals surface area contributed by atoms with Crippen molar-refractivity contribution in [2.24, 2.45) is 7.05 Å². The lowest BCUT2D eigenvalue weighted by Crippen LogP contribution is -2.23. The first-order valence-electron chi connectivity index (χ1n) is 3.65. The fourth-order valence-electron chi connectivity index (χ4n) is 0.929. The molecule has 2 N–H and O–H groups in total. The van der Waals surface area contributed by atoms with Crippen LogP contribution in [0.3, 0.4) is 0 Å². The van der Waals surface area contributed by atoms with Crippen LogP contribution in [0.15, 0.2) is 6.07 Å². The molecule has 0 spiro atoms. The third-order valence-electron chi connectivity index (χ3n) is 1.56. The van der Waals surface area contributed by atoms with Crippen LogP contribution in [-0.4, -0.2) is 29.1 Å². The number of carbonyl (C=O) groups is 2. The third kappa shape index (κ3) is 1.84. The Balaban J connectivity index is 2.93. The highest BCUT2D eigenvalue weighted by Crippen LogP contribution is 2.06. The van der Waals surface area contributed by atoms with Gasteiger partial charge in [-0.15, -0.1) is 0 Å². The highest BCUT2D eigenvalue weighted by atomic mass is 16.2. The molecule has 0 bridgehead atoms. The maximum absolute atomic E-state index is 11.2. The number of amides is 2. The fourth-order valence-corrected chi connectivity index (χ4v) is 0.929. The van der Waals surface area contributed by atoms with Gasteiger partial charge in [-0.05, 0) is 0 Å². The van der Waals surface area contributed by atoms with E-state index in [9.17, 15) is 9.59 Å². The molecule has 0 aliphatic rings. The Labute approximate surface area is 74.9 Å². The summed E-state index contributed by atoms with van der Waals surface area (Å²) in [4.78, 5) is 21.2. The number of imide groups is 1. The van der Waals surface area contributed by atoms with Crippen LogP contribution in [0.2, 0.25) is 0 Å². The van der Waals surface area contributed by atoms with E-state index in [-0.39, 0.29) is 0 Å². The quantitative estimate of drug-likeness (QED) is 0.609. The van der Waals surface area contributed by atoms with Crippen LogP contribution in [0.5, 0.6) is 0 Å². The summed E-state index contributed by atoms with van der Waals surface area (Å²) in [5.41, 5.74) is 0.330. The summed E-state index contributed by atoms with van der Waals surface area (Å²) < 4.78 is 1.39. The number of hydrogen-bond acceptors (Lipinski definition) is 4. The molecule has 0 aromatic carbocycles. The Morgan fingerprint density at radius 2 is 2.38 bits per heavy atom. The standard InChI is InChI=1S/C7H10N4O2/c1-8-6-3-5(11(2)10-6)7(13)9-4-12/h3-4H,1-2H3,(H,8,10)(H,9,12,13). The summed E-state index contributed by atoms with van der Waals surface area (Å²) in [6.45, 7) is 0. The monoisotopic (exact) mass is 182 g/mol. The Hall–Kier alpha value is -1.85. The van der Waals surface area contributed by atoms with E-state index >= 15 is 0 Å². The lowest BCUT2D eigenvalue weighted by molar-refractivity contribution is -0.108. The van der Waals surface area contributed by atoms with Gasteiger partial charge in [0.1, 0.15) is 11.5 Å². The van der Waals surface area contributed by atoms with Crippen molar-refractivity contribution in [3.8, 4) is 0 Å². The highest BCUT2D eigenvalue weighted by Gasteiger charge is 2.11. The Bertz CT molecular complexity index is 331.